The van der Waals surface area contributed by atoms with Crippen LogP contribution in [0.15, 0.2) is 54.6 Å². The van der Waals surface area contributed by atoms with Gasteiger partial charge in [-0.2, -0.15) is 13.2 Å². The first-order valence-electron chi connectivity index (χ1n) is 12.9. The van der Waals surface area contributed by atoms with E-state index in [1.165, 1.54) is 23.8 Å². The molecule has 1 atom stereocenters. The number of piperidine rings is 2. The number of amides is 1. The van der Waals surface area contributed by atoms with Crippen molar-refractivity contribution in [3.8, 4) is 5.75 Å². The first kappa shape index (κ1) is 27.2. The molecule has 2 aliphatic rings. The number of ether oxygens (including phenoxy) is 1. The molecular formula is C29H35F3N2O3. The first-order valence-corrected chi connectivity index (χ1v) is 12.9. The molecule has 37 heavy (non-hydrogen) atoms. The Labute approximate surface area is 216 Å². The highest BCUT2D eigenvalue weighted by molar-refractivity contribution is 5.91. The predicted octanol–water partition coefficient (Wildman–Crippen LogP) is 5.21. The minimum absolute atomic E-state index is 0.135. The van der Waals surface area contributed by atoms with Crippen LogP contribution < -0.4 is 4.74 Å². The van der Waals surface area contributed by atoms with Crippen molar-refractivity contribution in [3.63, 3.8) is 0 Å². The lowest BCUT2D eigenvalue weighted by Crippen LogP contribution is -2.45. The number of hydrogen-bond donors (Lipinski definition) is 1. The van der Waals surface area contributed by atoms with Crippen molar-refractivity contribution in [1.82, 2.24) is 9.80 Å². The Bertz CT molecular complexity index is 1050. The van der Waals surface area contributed by atoms with E-state index >= 15 is 0 Å². The van der Waals surface area contributed by atoms with Crippen molar-refractivity contribution in [2.45, 2.75) is 43.9 Å². The molecule has 2 aromatic carbocycles. The van der Waals surface area contributed by atoms with E-state index in [-0.39, 0.29) is 11.8 Å². The molecule has 2 fully saturated rings. The van der Waals surface area contributed by atoms with Gasteiger partial charge in [0.15, 0.2) is 0 Å². The number of aliphatic hydroxyl groups is 1. The van der Waals surface area contributed by atoms with Gasteiger partial charge in [-0.1, -0.05) is 24.3 Å². The van der Waals surface area contributed by atoms with Crippen molar-refractivity contribution in [3.05, 3.63) is 71.3 Å². The summed E-state index contributed by atoms with van der Waals surface area (Å²) in [6, 6.07) is 13.2. The van der Waals surface area contributed by atoms with Crippen LogP contribution in [0.2, 0.25) is 0 Å². The van der Waals surface area contributed by atoms with Gasteiger partial charge in [0.25, 0.3) is 0 Å². The summed E-state index contributed by atoms with van der Waals surface area (Å²) < 4.78 is 43.9. The van der Waals surface area contributed by atoms with Gasteiger partial charge in [-0.15, -0.1) is 0 Å². The number of nitrogens with zero attached hydrogens (tertiary/aromatic N) is 2. The Kier molecular flexibility index (Phi) is 8.92. The molecule has 0 saturated carbocycles. The molecular weight excluding hydrogens is 481 g/mol. The number of rotatable bonds is 7. The monoisotopic (exact) mass is 516 g/mol. The Balaban J connectivity index is 1.20. The van der Waals surface area contributed by atoms with Crippen LogP contribution in [0.4, 0.5) is 13.2 Å². The molecule has 1 amide bonds. The number of halogens is 3. The molecule has 2 aromatic rings. The number of hydrogen-bond acceptors (Lipinski definition) is 4. The summed E-state index contributed by atoms with van der Waals surface area (Å²) in [5.74, 6) is 1.31. The number of β-amino-alcohol motifs (C(OH)–C–C–N with tert-alkyl or cyclic N) is 1. The number of methoxy groups -OCH3 is 1. The largest absolute Gasteiger partial charge is 0.497 e. The second-order valence-corrected chi connectivity index (χ2v) is 10.0. The van der Waals surface area contributed by atoms with Crippen LogP contribution in [0.1, 0.15) is 48.3 Å². The van der Waals surface area contributed by atoms with E-state index in [9.17, 15) is 23.1 Å². The van der Waals surface area contributed by atoms with Crippen LogP contribution in [0.25, 0.3) is 6.08 Å². The van der Waals surface area contributed by atoms with Crippen LogP contribution >= 0.6 is 0 Å². The number of carbonyl (C=O) groups is 1. The fourth-order valence-corrected chi connectivity index (χ4v) is 5.33. The molecule has 0 bridgehead atoms. The predicted molar refractivity (Wildman–Crippen MR) is 137 cm³/mol. The normalized spacial score (nSPS) is 19.3. The van der Waals surface area contributed by atoms with Gasteiger partial charge in [-0.05, 0) is 92.1 Å². The fourth-order valence-electron chi connectivity index (χ4n) is 5.33. The zero-order valence-corrected chi connectivity index (χ0v) is 21.2. The van der Waals surface area contributed by atoms with Crippen molar-refractivity contribution in [1.29, 1.82) is 0 Å². The number of aliphatic hydroxyl groups excluding tert-OH is 1. The highest BCUT2D eigenvalue weighted by Gasteiger charge is 2.31. The molecule has 1 N–H and O–H groups in total. The third-order valence-electron chi connectivity index (χ3n) is 7.65. The van der Waals surface area contributed by atoms with Gasteiger partial charge in [-0.3, -0.25) is 4.79 Å². The molecule has 0 aromatic heterocycles. The van der Waals surface area contributed by atoms with Crippen molar-refractivity contribution >= 4 is 12.0 Å². The second-order valence-electron chi connectivity index (χ2n) is 10.0. The summed E-state index contributed by atoms with van der Waals surface area (Å²) in [7, 11) is 1.67. The summed E-state index contributed by atoms with van der Waals surface area (Å²) in [6.07, 6.45) is 1.46. The van der Waals surface area contributed by atoms with Crippen LogP contribution in [-0.2, 0) is 11.0 Å². The van der Waals surface area contributed by atoms with Crippen LogP contribution in [0.3, 0.4) is 0 Å². The van der Waals surface area contributed by atoms with Crippen molar-refractivity contribution < 1.29 is 27.8 Å². The molecule has 5 nitrogen and oxygen atoms in total. The smallest absolute Gasteiger partial charge is 0.416 e. The molecule has 200 valence electrons. The maximum absolute atomic E-state index is 12.9. The topological polar surface area (TPSA) is 53.0 Å². The van der Waals surface area contributed by atoms with Gasteiger partial charge >= 0.3 is 6.18 Å². The molecule has 2 saturated heterocycles. The Morgan fingerprint density at radius 3 is 2.35 bits per heavy atom. The van der Waals surface area contributed by atoms with Gasteiger partial charge in [0.2, 0.25) is 5.91 Å². The highest BCUT2D eigenvalue weighted by Crippen LogP contribution is 2.31. The highest BCUT2D eigenvalue weighted by atomic mass is 19.4. The van der Waals surface area contributed by atoms with E-state index in [1.807, 2.05) is 12.1 Å². The lowest BCUT2D eigenvalue weighted by atomic mass is 9.88. The average Bonchev–Trinajstić information content (AvgIpc) is 2.92. The van der Waals surface area contributed by atoms with Crippen LogP contribution in [-0.4, -0.2) is 66.8 Å². The minimum Gasteiger partial charge on any atom is -0.497 e. The first-order chi connectivity index (χ1) is 17.7. The summed E-state index contributed by atoms with van der Waals surface area (Å²) in [5, 5.41) is 10.9. The summed E-state index contributed by atoms with van der Waals surface area (Å²) in [4.78, 5) is 16.6. The van der Waals surface area contributed by atoms with E-state index in [1.54, 1.807) is 18.1 Å². The van der Waals surface area contributed by atoms with Crippen molar-refractivity contribution in [2.24, 2.45) is 5.92 Å². The van der Waals surface area contributed by atoms with E-state index in [0.29, 0.717) is 44.0 Å². The van der Waals surface area contributed by atoms with Crippen LogP contribution in [0.5, 0.6) is 5.75 Å². The molecule has 0 aliphatic carbocycles. The lowest BCUT2D eigenvalue weighted by Gasteiger charge is -2.38. The zero-order valence-electron chi connectivity index (χ0n) is 21.2. The van der Waals surface area contributed by atoms with Crippen LogP contribution in [0, 0.1) is 5.92 Å². The SMILES string of the molecule is COc1ccc(C2CCN(CC(O)C3CCN(C(=O)/C=C/c4cccc(C(F)(F)F)c4)CC3)CC2)cc1. The minimum atomic E-state index is -4.41. The van der Waals surface area contributed by atoms with Gasteiger partial charge < -0.3 is 19.6 Å². The number of carbonyl (C=O) groups excluding carboxylic acids is 1. The summed E-state index contributed by atoms with van der Waals surface area (Å²) in [5.41, 5.74) is 0.936. The molecule has 0 radical (unpaired) electrons. The molecule has 0 spiro atoms. The summed E-state index contributed by atoms with van der Waals surface area (Å²) in [6.45, 7) is 3.61. The molecule has 2 heterocycles. The Morgan fingerprint density at radius 1 is 1.05 bits per heavy atom. The fraction of sp³-hybridized carbons (Fsp3) is 0.483. The number of likely N-dealkylation sites (tertiary alicyclic amines) is 2. The van der Waals surface area contributed by atoms with Crippen molar-refractivity contribution in [2.75, 3.05) is 39.8 Å². The summed E-state index contributed by atoms with van der Waals surface area (Å²) >= 11 is 0. The molecule has 2 aliphatic heterocycles. The molecule has 8 heteroatoms. The molecule has 4 rings (SSSR count). The third kappa shape index (κ3) is 7.36. The Morgan fingerprint density at radius 2 is 1.73 bits per heavy atom. The number of benzene rings is 2. The Hall–Kier alpha value is -2.84. The zero-order chi connectivity index (χ0) is 26.4. The van der Waals surface area contributed by atoms with E-state index in [2.05, 4.69) is 17.0 Å². The van der Waals surface area contributed by atoms with Gasteiger partial charge in [0.05, 0.1) is 18.8 Å². The average molecular weight is 517 g/mol. The van der Waals surface area contributed by atoms with Gasteiger partial charge in [0, 0.05) is 25.7 Å². The number of alkyl halides is 3. The molecule has 1 unspecified atom stereocenters. The third-order valence-corrected chi connectivity index (χ3v) is 7.65. The van der Waals surface area contributed by atoms with Gasteiger partial charge in [-0.25, -0.2) is 0 Å². The standard InChI is InChI=1S/C29H35F3N2O3/c1-37-26-8-6-22(7-9-26)23-11-15-33(16-12-23)20-27(35)24-13-17-34(18-14-24)28(36)10-5-21-3-2-4-25(19-21)29(30,31)32/h2-10,19,23-24,27,35H,11-18,20H2,1H3/b10-5+. The maximum Gasteiger partial charge on any atom is 0.416 e. The maximum atomic E-state index is 12.9. The van der Waals surface area contributed by atoms with E-state index in [0.717, 1.165) is 43.8 Å². The quantitative estimate of drug-likeness (QED) is 0.514. The van der Waals surface area contributed by atoms with E-state index in [4.69, 9.17) is 4.74 Å². The van der Waals surface area contributed by atoms with E-state index < -0.39 is 17.8 Å². The second kappa shape index (κ2) is 12.1. The van der Waals surface area contributed by atoms with Gasteiger partial charge in [0.1, 0.15) is 5.75 Å². The lowest BCUT2D eigenvalue weighted by molar-refractivity contribution is -0.137.